The molecule has 1 heterocycles. The highest BCUT2D eigenvalue weighted by atomic mass is 127. The van der Waals surface area contributed by atoms with Crippen LogP contribution in [-0.4, -0.2) is 50.3 Å². The largest absolute Gasteiger partial charge is 0.496 e. The highest BCUT2D eigenvalue weighted by molar-refractivity contribution is 14.1. The van der Waals surface area contributed by atoms with Crippen LogP contribution in [0.5, 0.6) is 5.75 Å². The number of anilines is 1. The zero-order valence-electron chi connectivity index (χ0n) is 14.6. The van der Waals surface area contributed by atoms with Gasteiger partial charge in [-0.3, -0.25) is 4.79 Å². The van der Waals surface area contributed by atoms with Crippen LogP contribution in [-0.2, 0) is 10.0 Å². The Balaban J connectivity index is 1.72. The fraction of sp³-hybridized carbons (Fsp3) is 0.278. The van der Waals surface area contributed by atoms with E-state index in [9.17, 15) is 13.2 Å². The van der Waals surface area contributed by atoms with Gasteiger partial charge in [0.2, 0.25) is 10.0 Å². The third-order valence-corrected chi connectivity index (χ3v) is 7.83. The van der Waals surface area contributed by atoms with Crippen LogP contribution in [0.15, 0.2) is 47.4 Å². The first-order valence-corrected chi connectivity index (χ1v) is 11.9. The minimum Gasteiger partial charge on any atom is -0.496 e. The summed E-state index contributed by atoms with van der Waals surface area (Å²) in [6.45, 7) is 1.06. The van der Waals surface area contributed by atoms with Crippen LogP contribution in [0.3, 0.4) is 0 Å². The molecular weight excluding hydrogens is 499 g/mol. The number of benzene rings is 2. The number of carbonyl (C=O) groups is 1. The number of halogens is 1. The van der Waals surface area contributed by atoms with Crippen molar-refractivity contribution in [3.05, 3.63) is 51.6 Å². The van der Waals surface area contributed by atoms with Crippen LogP contribution in [0, 0.1) is 3.57 Å². The van der Waals surface area contributed by atoms with Gasteiger partial charge in [-0.2, -0.15) is 16.1 Å². The van der Waals surface area contributed by atoms with E-state index in [0.29, 0.717) is 30.1 Å². The van der Waals surface area contributed by atoms with Crippen LogP contribution >= 0.6 is 34.4 Å². The lowest BCUT2D eigenvalue weighted by molar-refractivity contribution is 0.102. The van der Waals surface area contributed by atoms with E-state index >= 15 is 0 Å². The van der Waals surface area contributed by atoms with Crippen LogP contribution in [0.25, 0.3) is 0 Å². The van der Waals surface area contributed by atoms with Crippen molar-refractivity contribution in [2.24, 2.45) is 0 Å². The van der Waals surface area contributed by atoms with Crippen molar-refractivity contribution in [1.82, 2.24) is 4.31 Å². The second kappa shape index (κ2) is 8.80. The van der Waals surface area contributed by atoms with Crippen LogP contribution in [0.1, 0.15) is 10.4 Å². The number of hydrogen-bond acceptors (Lipinski definition) is 5. The standard InChI is InChI=1S/C18H19IN2O4S2/c1-25-17-7-2-13(12-16(17)19)18(22)20-14-3-5-15(6-4-14)27(23,24)21-8-10-26-11-9-21/h2-7,12H,8-11H2,1H3,(H,20,22). The van der Waals surface area contributed by atoms with Crippen molar-refractivity contribution in [1.29, 1.82) is 0 Å². The quantitative estimate of drug-likeness (QED) is 0.616. The molecule has 2 aromatic carbocycles. The van der Waals surface area contributed by atoms with Gasteiger partial charge in [0.15, 0.2) is 0 Å². The van der Waals surface area contributed by atoms with E-state index in [2.05, 4.69) is 27.9 Å². The van der Waals surface area contributed by atoms with Crippen molar-refractivity contribution in [3.63, 3.8) is 0 Å². The summed E-state index contributed by atoms with van der Waals surface area (Å²) in [5, 5.41) is 2.79. The summed E-state index contributed by atoms with van der Waals surface area (Å²) in [4.78, 5) is 12.7. The lowest BCUT2D eigenvalue weighted by atomic mass is 10.2. The van der Waals surface area contributed by atoms with Gasteiger partial charge in [0, 0.05) is 35.8 Å². The fourth-order valence-corrected chi connectivity index (χ4v) is 5.97. The summed E-state index contributed by atoms with van der Waals surface area (Å²) in [7, 11) is -1.90. The van der Waals surface area contributed by atoms with Gasteiger partial charge in [-0.25, -0.2) is 8.42 Å². The molecule has 1 aliphatic heterocycles. The maximum Gasteiger partial charge on any atom is 0.255 e. The minimum atomic E-state index is -3.48. The number of hydrogen-bond donors (Lipinski definition) is 1. The molecule has 1 amide bonds. The molecule has 0 atom stereocenters. The van der Waals surface area contributed by atoms with E-state index in [1.165, 1.54) is 16.4 Å². The van der Waals surface area contributed by atoms with E-state index < -0.39 is 10.0 Å². The van der Waals surface area contributed by atoms with Crippen molar-refractivity contribution in [2.75, 3.05) is 37.0 Å². The minimum absolute atomic E-state index is 0.242. The van der Waals surface area contributed by atoms with Gasteiger partial charge in [-0.1, -0.05) is 0 Å². The molecule has 6 nitrogen and oxygen atoms in total. The van der Waals surface area contributed by atoms with E-state index in [1.54, 1.807) is 49.2 Å². The van der Waals surface area contributed by atoms with Crippen molar-refractivity contribution in [3.8, 4) is 5.75 Å². The van der Waals surface area contributed by atoms with Gasteiger partial charge in [0.25, 0.3) is 5.91 Å². The number of carbonyl (C=O) groups excluding carboxylic acids is 1. The number of amides is 1. The summed E-state index contributed by atoms with van der Waals surface area (Å²) in [5.74, 6) is 2.07. The van der Waals surface area contributed by atoms with Gasteiger partial charge in [-0.15, -0.1) is 0 Å². The molecule has 1 aliphatic rings. The molecule has 0 unspecified atom stereocenters. The molecule has 1 saturated heterocycles. The Morgan fingerprint density at radius 2 is 1.81 bits per heavy atom. The number of ether oxygens (including phenoxy) is 1. The van der Waals surface area contributed by atoms with Gasteiger partial charge >= 0.3 is 0 Å². The molecule has 0 aromatic heterocycles. The van der Waals surface area contributed by atoms with Crippen molar-refractivity contribution < 1.29 is 17.9 Å². The van der Waals surface area contributed by atoms with Gasteiger partial charge in [0.05, 0.1) is 15.6 Å². The van der Waals surface area contributed by atoms with E-state index in [4.69, 9.17) is 4.74 Å². The van der Waals surface area contributed by atoms with Gasteiger partial charge in [-0.05, 0) is 65.1 Å². The second-order valence-corrected chi connectivity index (χ2v) is 10.2. The molecule has 3 rings (SSSR count). The average molecular weight is 518 g/mol. The van der Waals surface area contributed by atoms with Gasteiger partial charge in [0.1, 0.15) is 5.75 Å². The summed E-state index contributed by atoms with van der Waals surface area (Å²) >= 11 is 3.87. The Hall–Kier alpha value is -1.30. The highest BCUT2D eigenvalue weighted by Crippen LogP contribution is 2.24. The number of thioether (sulfide) groups is 1. The van der Waals surface area contributed by atoms with Crippen molar-refractivity contribution >= 4 is 56.0 Å². The van der Waals surface area contributed by atoms with Crippen LogP contribution < -0.4 is 10.1 Å². The van der Waals surface area contributed by atoms with Crippen molar-refractivity contribution in [2.45, 2.75) is 4.90 Å². The Labute approximate surface area is 176 Å². The predicted octanol–water partition coefficient (Wildman–Crippen LogP) is 3.29. The Kier molecular flexibility index (Phi) is 6.66. The number of rotatable bonds is 5. The molecule has 1 fully saturated rings. The van der Waals surface area contributed by atoms with E-state index in [0.717, 1.165) is 15.1 Å². The van der Waals surface area contributed by atoms with Crippen LogP contribution in [0.2, 0.25) is 0 Å². The third kappa shape index (κ3) is 4.76. The van der Waals surface area contributed by atoms with Gasteiger partial charge < -0.3 is 10.1 Å². The molecule has 1 N–H and O–H groups in total. The first-order chi connectivity index (χ1) is 12.9. The first-order valence-electron chi connectivity index (χ1n) is 8.24. The Bertz CT molecular complexity index is 927. The molecular formula is C18H19IN2O4S2. The number of nitrogens with zero attached hydrogens (tertiary/aromatic N) is 1. The Morgan fingerprint density at radius 3 is 2.41 bits per heavy atom. The number of methoxy groups -OCH3 is 1. The van der Waals surface area contributed by atoms with E-state index in [1.807, 2.05) is 0 Å². The summed E-state index contributed by atoms with van der Waals surface area (Å²) in [6, 6.07) is 11.4. The average Bonchev–Trinajstić information content (AvgIpc) is 2.69. The molecule has 2 aromatic rings. The smallest absolute Gasteiger partial charge is 0.255 e. The molecule has 27 heavy (non-hydrogen) atoms. The monoisotopic (exact) mass is 518 g/mol. The summed E-state index contributed by atoms with van der Waals surface area (Å²) in [6.07, 6.45) is 0. The molecule has 0 bridgehead atoms. The normalized spacial score (nSPS) is 15.3. The summed E-state index contributed by atoms with van der Waals surface area (Å²) < 4.78 is 32.9. The topological polar surface area (TPSA) is 75.7 Å². The maximum atomic E-state index is 12.7. The molecule has 9 heteroatoms. The lowest BCUT2D eigenvalue weighted by Gasteiger charge is -2.25. The first kappa shape index (κ1) is 20.4. The molecule has 0 spiro atoms. The zero-order valence-corrected chi connectivity index (χ0v) is 18.4. The molecule has 0 aliphatic carbocycles. The lowest BCUT2D eigenvalue weighted by Crippen LogP contribution is -2.37. The highest BCUT2D eigenvalue weighted by Gasteiger charge is 2.26. The van der Waals surface area contributed by atoms with Crippen LogP contribution in [0.4, 0.5) is 5.69 Å². The van der Waals surface area contributed by atoms with E-state index in [-0.39, 0.29) is 10.8 Å². The SMILES string of the molecule is COc1ccc(C(=O)Nc2ccc(S(=O)(=O)N3CCSCC3)cc2)cc1I. The fourth-order valence-electron chi connectivity index (χ4n) is 2.66. The molecule has 0 saturated carbocycles. The number of sulfonamides is 1. The summed E-state index contributed by atoms with van der Waals surface area (Å²) in [5.41, 5.74) is 1.04. The number of nitrogens with one attached hydrogen (secondary N) is 1. The third-order valence-electron chi connectivity index (χ3n) is 4.13. The predicted molar refractivity (Wildman–Crippen MR) is 116 cm³/mol. The second-order valence-electron chi connectivity index (χ2n) is 5.84. The molecule has 0 radical (unpaired) electrons. The molecule has 144 valence electrons. The maximum absolute atomic E-state index is 12.7. The zero-order chi connectivity index (χ0) is 19.4. The Morgan fingerprint density at radius 1 is 1.15 bits per heavy atom.